The number of hydrogen-bond acceptors (Lipinski definition) is 5. The van der Waals surface area contributed by atoms with Gasteiger partial charge in [0.25, 0.3) is 5.91 Å². The van der Waals surface area contributed by atoms with E-state index in [1.165, 1.54) is 19.1 Å². The summed E-state index contributed by atoms with van der Waals surface area (Å²) in [4.78, 5) is 53.8. The summed E-state index contributed by atoms with van der Waals surface area (Å²) in [6, 6.07) is 19.2. The third kappa shape index (κ3) is 3.72. The molecule has 2 bridgehead atoms. The number of amides is 3. The Labute approximate surface area is 228 Å². The van der Waals surface area contributed by atoms with Crippen LogP contribution in [0.15, 0.2) is 66.7 Å². The largest absolute Gasteiger partial charge is 0.454 e. The van der Waals surface area contributed by atoms with E-state index in [0.717, 1.165) is 27.2 Å². The zero-order valence-electron chi connectivity index (χ0n) is 20.2. The van der Waals surface area contributed by atoms with Crippen LogP contribution in [-0.2, 0) is 23.9 Å². The number of halogens is 2. The van der Waals surface area contributed by atoms with Crippen LogP contribution in [0.5, 0.6) is 0 Å². The lowest BCUT2D eigenvalue weighted by Gasteiger charge is -2.45. The molecule has 1 aliphatic heterocycles. The molecule has 1 fully saturated rings. The van der Waals surface area contributed by atoms with Gasteiger partial charge in [0.1, 0.15) is 6.04 Å². The minimum Gasteiger partial charge on any atom is -0.454 e. The number of ether oxygens (including phenoxy) is 1. The molecular formula is C29H22Cl2N2O5. The van der Waals surface area contributed by atoms with E-state index in [-0.39, 0.29) is 22.5 Å². The van der Waals surface area contributed by atoms with Gasteiger partial charge in [0.05, 0.1) is 22.5 Å². The van der Waals surface area contributed by atoms with E-state index < -0.39 is 48.2 Å². The summed E-state index contributed by atoms with van der Waals surface area (Å²) in [7, 11) is 0. The molecule has 9 heteroatoms. The SMILES string of the molecule is C[C@H](C(=O)OCC(=O)Nc1cc(Cl)ccc1Cl)N1C(=O)[C@@H]2C3c4ccccc4C(c4ccccc43)[C@@H]2C1=O. The van der Waals surface area contributed by atoms with Gasteiger partial charge in [-0.15, -0.1) is 0 Å². The summed E-state index contributed by atoms with van der Waals surface area (Å²) in [5.41, 5.74) is 4.47. The van der Waals surface area contributed by atoms with E-state index in [9.17, 15) is 19.2 Å². The number of benzene rings is 3. The monoisotopic (exact) mass is 548 g/mol. The Bertz CT molecular complexity index is 1410. The van der Waals surface area contributed by atoms with Gasteiger partial charge in [0.2, 0.25) is 11.8 Å². The molecule has 1 heterocycles. The van der Waals surface area contributed by atoms with Crippen LogP contribution in [0, 0.1) is 11.8 Å². The number of nitrogens with zero attached hydrogens (tertiary/aromatic N) is 1. The third-order valence-electron chi connectivity index (χ3n) is 7.76. The highest BCUT2D eigenvalue weighted by Crippen LogP contribution is 2.61. The summed E-state index contributed by atoms with van der Waals surface area (Å²) in [6.07, 6.45) is 0. The van der Waals surface area contributed by atoms with Crippen LogP contribution in [0.4, 0.5) is 5.69 Å². The lowest BCUT2D eigenvalue weighted by molar-refractivity contribution is -0.159. The first-order chi connectivity index (χ1) is 18.3. The molecule has 38 heavy (non-hydrogen) atoms. The molecule has 1 saturated heterocycles. The smallest absolute Gasteiger partial charge is 0.329 e. The first-order valence-corrected chi connectivity index (χ1v) is 13.0. The molecule has 1 N–H and O–H groups in total. The van der Waals surface area contributed by atoms with E-state index in [1.54, 1.807) is 6.07 Å². The van der Waals surface area contributed by atoms with Crippen molar-refractivity contribution >= 4 is 52.6 Å². The van der Waals surface area contributed by atoms with Crippen molar-refractivity contribution in [3.8, 4) is 0 Å². The molecule has 0 radical (unpaired) electrons. The van der Waals surface area contributed by atoms with Crippen LogP contribution in [0.25, 0.3) is 0 Å². The normalized spacial score (nSPS) is 23.4. The molecule has 0 unspecified atom stereocenters. The highest BCUT2D eigenvalue weighted by atomic mass is 35.5. The number of hydrogen-bond donors (Lipinski definition) is 1. The molecule has 7 nitrogen and oxygen atoms in total. The number of esters is 1. The summed E-state index contributed by atoms with van der Waals surface area (Å²) in [5, 5.41) is 3.18. The van der Waals surface area contributed by atoms with Gasteiger partial charge in [0, 0.05) is 16.9 Å². The number of anilines is 1. The van der Waals surface area contributed by atoms with Gasteiger partial charge in [-0.25, -0.2) is 4.79 Å². The quantitative estimate of drug-likeness (QED) is 0.366. The summed E-state index contributed by atoms with van der Waals surface area (Å²) >= 11 is 12.0. The highest BCUT2D eigenvalue weighted by molar-refractivity contribution is 6.35. The van der Waals surface area contributed by atoms with Crippen molar-refractivity contribution < 1.29 is 23.9 Å². The fraction of sp³-hybridized carbons (Fsp3) is 0.241. The van der Waals surface area contributed by atoms with Gasteiger partial charge >= 0.3 is 5.97 Å². The molecule has 192 valence electrons. The van der Waals surface area contributed by atoms with Gasteiger partial charge in [-0.05, 0) is 47.4 Å². The first-order valence-electron chi connectivity index (χ1n) is 12.2. The molecule has 3 amide bonds. The van der Waals surface area contributed by atoms with Crippen LogP contribution < -0.4 is 5.32 Å². The number of imide groups is 1. The van der Waals surface area contributed by atoms with E-state index in [4.69, 9.17) is 27.9 Å². The van der Waals surface area contributed by atoms with Gasteiger partial charge in [-0.1, -0.05) is 71.7 Å². The molecule has 3 atom stereocenters. The van der Waals surface area contributed by atoms with E-state index in [1.807, 2.05) is 48.5 Å². The van der Waals surface area contributed by atoms with Gasteiger partial charge in [-0.3, -0.25) is 19.3 Å². The van der Waals surface area contributed by atoms with Crippen molar-refractivity contribution in [3.05, 3.63) is 99.0 Å². The number of nitrogens with one attached hydrogen (secondary N) is 1. The van der Waals surface area contributed by atoms with Crippen LogP contribution >= 0.6 is 23.2 Å². The average Bonchev–Trinajstić information content (AvgIpc) is 3.19. The maximum Gasteiger partial charge on any atom is 0.329 e. The van der Waals surface area contributed by atoms with Crippen LogP contribution in [0.2, 0.25) is 10.0 Å². The second-order valence-corrected chi connectivity index (χ2v) is 10.6. The van der Waals surface area contributed by atoms with Crippen molar-refractivity contribution in [3.63, 3.8) is 0 Å². The fourth-order valence-electron chi connectivity index (χ4n) is 6.22. The van der Waals surface area contributed by atoms with Gasteiger partial charge in [-0.2, -0.15) is 0 Å². The Hall–Kier alpha value is -3.68. The van der Waals surface area contributed by atoms with E-state index in [0.29, 0.717) is 5.02 Å². The maximum atomic E-state index is 13.7. The van der Waals surface area contributed by atoms with Gasteiger partial charge in [0.15, 0.2) is 6.61 Å². The highest BCUT2D eigenvalue weighted by Gasteiger charge is 2.62. The number of carbonyl (C=O) groups excluding carboxylic acids is 4. The second kappa shape index (κ2) is 9.26. The van der Waals surface area contributed by atoms with Crippen LogP contribution in [0.3, 0.4) is 0 Å². The zero-order valence-corrected chi connectivity index (χ0v) is 21.7. The molecule has 0 spiro atoms. The molecule has 3 aromatic carbocycles. The van der Waals surface area contributed by atoms with Crippen LogP contribution in [0.1, 0.15) is 41.0 Å². The molecule has 0 aromatic heterocycles. The predicted octanol–water partition coefficient (Wildman–Crippen LogP) is 4.76. The third-order valence-corrected chi connectivity index (χ3v) is 8.32. The van der Waals surface area contributed by atoms with Crippen molar-refractivity contribution in [2.45, 2.75) is 24.8 Å². The number of likely N-dealkylation sites (tertiary alicyclic amines) is 1. The second-order valence-electron chi connectivity index (χ2n) is 9.77. The topological polar surface area (TPSA) is 92.8 Å². The molecule has 0 saturated carbocycles. The van der Waals surface area contributed by atoms with Crippen molar-refractivity contribution in [1.82, 2.24) is 4.90 Å². The van der Waals surface area contributed by atoms with E-state index >= 15 is 0 Å². The predicted molar refractivity (Wildman–Crippen MR) is 141 cm³/mol. The maximum absolute atomic E-state index is 13.7. The molecule has 7 rings (SSSR count). The van der Waals surface area contributed by atoms with Crippen molar-refractivity contribution in [1.29, 1.82) is 0 Å². The average molecular weight is 549 g/mol. The summed E-state index contributed by atoms with van der Waals surface area (Å²) in [5.74, 6) is -3.99. The Morgan fingerprint density at radius 1 is 0.868 bits per heavy atom. The van der Waals surface area contributed by atoms with Crippen molar-refractivity contribution in [2.24, 2.45) is 11.8 Å². The van der Waals surface area contributed by atoms with Gasteiger partial charge < -0.3 is 10.1 Å². The van der Waals surface area contributed by atoms with E-state index in [2.05, 4.69) is 5.32 Å². The number of rotatable bonds is 5. The molecular weight excluding hydrogens is 527 g/mol. The molecule has 3 aromatic rings. The van der Waals surface area contributed by atoms with Crippen LogP contribution in [-0.4, -0.2) is 41.2 Å². The molecule has 4 aliphatic rings. The molecule has 3 aliphatic carbocycles. The Balaban J connectivity index is 1.21. The summed E-state index contributed by atoms with van der Waals surface area (Å²) in [6.45, 7) is 0.834. The summed E-state index contributed by atoms with van der Waals surface area (Å²) < 4.78 is 5.19. The minimum absolute atomic E-state index is 0.268. The fourth-order valence-corrected chi connectivity index (χ4v) is 6.56. The zero-order chi connectivity index (χ0) is 26.7. The Kier molecular flexibility index (Phi) is 6.00. The Morgan fingerprint density at radius 3 is 1.87 bits per heavy atom. The minimum atomic E-state index is -1.19. The lowest BCUT2D eigenvalue weighted by Crippen LogP contribution is -2.45. The first kappa shape index (κ1) is 24.6. The van der Waals surface area contributed by atoms with Crippen molar-refractivity contribution in [2.75, 3.05) is 11.9 Å². The lowest BCUT2D eigenvalue weighted by atomic mass is 9.55. The standard InChI is InChI=1S/C29H22Cl2N2O5/c1-14(29(37)38-13-22(34)32-21-12-15(30)10-11-20(21)31)33-27(35)25-23-16-6-2-3-7-17(16)24(26(25)28(33)36)19-9-5-4-8-18(19)23/h2-12,14,23-26H,13H2,1H3,(H,32,34)/t14-,23?,24?,25-,26+/m1/s1. The Morgan fingerprint density at radius 2 is 1.37 bits per heavy atom. The number of carbonyl (C=O) groups is 4.